The summed E-state index contributed by atoms with van der Waals surface area (Å²) in [6, 6.07) is 7.63. The highest BCUT2D eigenvalue weighted by molar-refractivity contribution is 8.01. The van der Waals surface area contributed by atoms with Gasteiger partial charge in [0.2, 0.25) is 5.88 Å². The summed E-state index contributed by atoms with van der Waals surface area (Å²) >= 11 is 2.67. The Morgan fingerprint density at radius 1 is 1.16 bits per heavy atom. The molecule has 168 valence electrons. The number of benzene rings is 1. The number of rotatable bonds is 9. The van der Waals surface area contributed by atoms with E-state index in [4.69, 9.17) is 13.9 Å². The van der Waals surface area contributed by atoms with Gasteiger partial charge in [-0.3, -0.25) is 19.7 Å². The van der Waals surface area contributed by atoms with Crippen LogP contribution in [0.4, 0.5) is 5.88 Å². The molecule has 3 aromatic rings. The molecule has 32 heavy (non-hydrogen) atoms. The molecule has 0 aliphatic heterocycles. The molecule has 0 aliphatic carbocycles. The van der Waals surface area contributed by atoms with E-state index in [-0.39, 0.29) is 35.1 Å². The first-order valence-electron chi connectivity index (χ1n) is 9.55. The summed E-state index contributed by atoms with van der Waals surface area (Å²) in [6.07, 6.45) is 0. The number of aromatic nitrogens is 1. The number of hydrogen-bond acceptors (Lipinski definition) is 10. The molecule has 0 saturated carbocycles. The summed E-state index contributed by atoms with van der Waals surface area (Å²) in [6.45, 7) is 3.88. The molecule has 11 heteroatoms. The van der Waals surface area contributed by atoms with Crippen LogP contribution in [0.15, 0.2) is 33.0 Å². The van der Waals surface area contributed by atoms with E-state index in [2.05, 4.69) is 10.3 Å². The van der Waals surface area contributed by atoms with Crippen LogP contribution in [0.5, 0.6) is 0 Å². The number of ketones is 1. The SMILES string of the molecule is CCOC(=O)c1c(NC(=O)COC(=O)CSc2nc3ccccc3s2)oc(C)c1C(C)=O. The molecule has 2 aromatic heterocycles. The molecule has 9 nitrogen and oxygen atoms in total. The Bertz CT molecular complexity index is 1150. The van der Waals surface area contributed by atoms with E-state index >= 15 is 0 Å². The van der Waals surface area contributed by atoms with Crippen molar-refractivity contribution in [3.63, 3.8) is 0 Å². The van der Waals surface area contributed by atoms with Gasteiger partial charge in [-0.2, -0.15) is 0 Å². The highest BCUT2D eigenvalue weighted by Gasteiger charge is 2.28. The second-order valence-electron chi connectivity index (χ2n) is 6.46. The molecule has 0 unspecified atom stereocenters. The van der Waals surface area contributed by atoms with E-state index < -0.39 is 30.2 Å². The summed E-state index contributed by atoms with van der Waals surface area (Å²) in [7, 11) is 0. The van der Waals surface area contributed by atoms with E-state index in [0.717, 1.165) is 14.6 Å². The van der Waals surface area contributed by atoms with Gasteiger partial charge in [-0.15, -0.1) is 11.3 Å². The number of ether oxygens (including phenoxy) is 2. The van der Waals surface area contributed by atoms with Crippen molar-refractivity contribution >= 4 is 62.8 Å². The van der Waals surface area contributed by atoms with Crippen LogP contribution in [-0.2, 0) is 19.1 Å². The van der Waals surface area contributed by atoms with Crippen molar-refractivity contribution in [3.8, 4) is 0 Å². The van der Waals surface area contributed by atoms with Crippen LogP contribution in [0.1, 0.15) is 40.3 Å². The maximum atomic E-state index is 12.3. The Balaban J connectivity index is 1.57. The topological polar surface area (TPSA) is 125 Å². The number of carbonyl (C=O) groups is 4. The number of para-hydroxylation sites is 1. The standard InChI is InChI=1S/C21H20N2O7S2/c1-4-28-20(27)18-17(11(2)24)12(3)30-19(18)23-15(25)9-29-16(26)10-31-21-22-13-7-5-6-8-14(13)32-21/h5-8H,4,9-10H2,1-3H3,(H,23,25). The molecule has 2 heterocycles. The second-order valence-corrected chi connectivity index (χ2v) is 8.71. The van der Waals surface area contributed by atoms with E-state index in [1.165, 1.54) is 36.9 Å². The number of furan rings is 1. The van der Waals surface area contributed by atoms with E-state index in [9.17, 15) is 19.2 Å². The molecule has 0 bridgehead atoms. The van der Waals surface area contributed by atoms with E-state index in [1.807, 2.05) is 24.3 Å². The summed E-state index contributed by atoms with van der Waals surface area (Å²) in [4.78, 5) is 52.8. The molecule has 0 spiro atoms. The van der Waals surface area contributed by atoms with Crippen LogP contribution in [0, 0.1) is 6.92 Å². The molecule has 1 amide bonds. The molecule has 0 atom stereocenters. The van der Waals surface area contributed by atoms with Gasteiger partial charge in [-0.25, -0.2) is 9.78 Å². The zero-order chi connectivity index (χ0) is 23.3. The third-order valence-corrected chi connectivity index (χ3v) is 6.27. The maximum Gasteiger partial charge on any atom is 0.344 e. The number of fused-ring (bicyclic) bond motifs is 1. The number of thiazole rings is 1. The van der Waals surface area contributed by atoms with Crippen molar-refractivity contribution in [1.29, 1.82) is 0 Å². The summed E-state index contributed by atoms with van der Waals surface area (Å²) < 4.78 is 17.0. The van der Waals surface area contributed by atoms with Gasteiger partial charge in [-0.05, 0) is 32.9 Å². The van der Waals surface area contributed by atoms with Gasteiger partial charge in [0.25, 0.3) is 5.91 Å². The Morgan fingerprint density at radius 2 is 1.91 bits per heavy atom. The van der Waals surface area contributed by atoms with Crippen LogP contribution >= 0.6 is 23.1 Å². The quantitative estimate of drug-likeness (QED) is 0.278. The minimum Gasteiger partial charge on any atom is -0.462 e. The fourth-order valence-electron chi connectivity index (χ4n) is 2.84. The number of aryl methyl sites for hydroxylation is 1. The predicted octanol–water partition coefficient (Wildman–Crippen LogP) is 3.85. The third kappa shape index (κ3) is 5.54. The van der Waals surface area contributed by atoms with Crippen LogP contribution in [0.25, 0.3) is 10.2 Å². The number of anilines is 1. The lowest BCUT2D eigenvalue weighted by molar-refractivity contribution is -0.144. The van der Waals surface area contributed by atoms with Crippen LogP contribution in [-0.4, -0.2) is 47.6 Å². The largest absolute Gasteiger partial charge is 0.462 e. The number of esters is 2. The first-order valence-corrected chi connectivity index (χ1v) is 11.4. The monoisotopic (exact) mass is 476 g/mol. The van der Waals surface area contributed by atoms with E-state index in [1.54, 1.807) is 6.92 Å². The minimum atomic E-state index is -0.797. The van der Waals surface area contributed by atoms with Crippen LogP contribution in [0.2, 0.25) is 0 Å². The van der Waals surface area contributed by atoms with Gasteiger partial charge in [-0.1, -0.05) is 23.9 Å². The summed E-state index contributed by atoms with van der Waals surface area (Å²) in [5.41, 5.74) is 0.717. The van der Waals surface area contributed by atoms with Crippen molar-refractivity contribution in [1.82, 2.24) is 4.98 Å². The van der Waals surface area contributed by atoms with Gasteiger partial charge < -0.3 is 13.9 Å². The molecular formula is C21H20N2O7S2. The lowest BCUT2D eigenvalue weighted by atomic mass is 10.1. The highest BCUT2D eigenvalue weighted by atomic mass is 32.2. The summed E-state index contributed by atoms with van der Waals surface area (Å²) in [5, 5.41) is 2.36. The average molecular weight is 477 g/mol. The number of amides is 1. The highest BCUT2D eigenvalue weighted by Crippen LogP contribution is 2.30. The fourth-order valence-corrected chi connectivity index (χ4v) is 4.70. The van der Waals surface area contributed by atoms with Crippen molar-refractivity contribution < 1.29 is 33.1 Å². The predicted molar refractivity (Wildman–Crippen MR) is 119 cm³/mol. The van der Waals surface area contributed by atoms with Gasteiger partial charge in [0, 0.05) is 0 Å². The molecule has 0 fully saturated rings. The van der Waals surface area contributed by atoms with Gasteiger partial charge in [0.05, 0.1) is 28.1 Å². The Hall–Kier alpha value is -3.18. The Labute approximate surface area is 191 Å². The van der Waals surface area contributed by atoms with Gasteiger partial charge in [0.15, 0.2) is 16.7 Å². The molecule has 0 saturated heterocycles. The normalized spacial score (nSPS) is 10.7. The molecular weight excluding hydrogens is 456 g/mol. The maximum absolute atomic E-state index is 12.3. The first kappa shape index (κ1) is 23.5. The van der Waals surface area contributed by atoms with Crippen molar-refractivity contribution in [3.05, 3.63) is 41.2 Å². The first-order chi connectivity index (χ1) is 15.3. The Kier molecular flexibility index (Phi) is 7.65. The Morgan fingerprint density at radius 3 is 2.59 bits per heavy atom. The van der Waals surface area contributed by atoms with Crippen LogP contribution < -0.4 is 5.32 Å². The minimum absolute atomic E-state index is 0.0183. The van der Waals surface area contributed by atoms with E-state index in [0.29, 0.717) is 0 Å². The average Bonchev–Trinajstić information content (AvgIpc) is 3.31. The molecule has 0 radical (unpaired) electrons. The zero-order valence-electron chi connectivity index (χ0n) is 17.6. The zero-order valence-corrected chi connectivity index (χ0v) is 19.2. The molecule has 1 N–H and O–H groups in total. The van der Waals surface area contributed by atoms with Crippen molar-refractivity contribution in [2.75, 3.05) is 24.3 Å². The number of hydrogen-bond donors (Lipinski definition) is 1. The smallest absolute Gasteiger partial charge is 0.344 e. The van der Waals surface area contributed by atoms with Gasteiger partial charge >= 0.3 is 11.9 Å². The number of nitrogens with zero attached hydrogens (tertiary/aromatic N) is 1. The number of Topliss-reactive ketones (excluding diaryl/α,β-unsaturated/α-hetero) is 1. The van der Waals surface area contributed by atoms with Crippen LogP contribution in [0.3, 0.4) is 0 Å². The van der Waals surface area contributed by atoms with Gasteiger partial charge in [0.1, 0.15) is 11.3 Å². The molecule has 0 aliphatic rings. The summed E-state index contributed by atoms with van der Waals surface area (Å²) in [5.74, 6) is -2.61. The second kappa shape index (κ2) is 10.4. The molecule has 1 aromatic carbocycles. The van der Waals surface area contributed by atoms with Crippen molar-refractivity contribution in [2.24, 2.45) is 0 Å². The lowest BCUT2D eigenvalue weighted by Gasteiger charge is -2.07. The fraction of sp³-hybridized carbons (Fsp3) is 0.286. The van der Waals surface area contributed by atoms with Crippen molar-refractivity contribution in [2.45, 2.75) is 25.1 Å². The number of carbonyl (C=O) groups excluding carboxylic acids is 4. The third-order valence-electron chi connectivity index (χ3n) is 4.12. The number of nitrogens with one attached hydrogen (secondary N) is 1. The molecule has 3 rings (SSSR count). The number of thioether (sulfide) groups is 1. The lowest BCUT2D eigenvalue weighted by Crippen LogP contribution is -2.22.